The molecule has 1 atom stereocenters. The standard InChI is InChI=1S/C23H32N6O2/c1-31-17-8-6-16(7-9-17)22(30)29-14-4-5-20(29)21-18(15-25-27-21)19-10-11-24-23(26-19)28-12-2-3-13-28/h10-11,15-17,20H,2-9,12-14H2,1H3,(H,25,27). The van der Waals surface area contributed by atoms with Gasteiger partial charge in [-0.1, -0.05) is 0 Å². The number of rotatable bonds is 5. The predicted octanol–water partition coefficient (Wildman–Crippen LogP) is 3.34. The highest BCUT2D eigenvalue weighted by Gasteiger charge is 2.37. The monoisotopic (exact) mass is 424 g/mol. The van der Waals surface area contributed by atoms with Crippen LogP contribution in [0.4, 0.5) is 5.95 Å². The largest absolute Gasteiger partial charge is 0.381 e. The number of aromatic nitrogens is 4. The Balaban J connectivity index is 1.36. The highest BCUT2D eigenvalue weighted by atomic mass is 16.5. The third-order valence-electron chi connectivity index (χ3n) is 7.20. The lowest BCUT2D eigenvalue weighted by Crippen LogP contribution is -2.38. The Morgan fingerprint density at radius 1 is 1.10 bits per heavy atom. The summed E-state index contributed by atoms with van der Waals surface area (Å²) in [4.78, 5) is 27.0. The van der Waals surface area contributed by atoms with Gasteiger partial charge in [0.05, 0.1) is 29.7 Å². The number of hydrogen-bond acceptors (Lipinski definition) is 6. The fourth-order valence-electron chi connectivity index (χ4n) is 5.43. The van der Waals surface area contributed by atoms with Crippen molar-refractivity contribution in [3.05, 3.63) is 24.2 Å². The first-order chi connectivity index (χ1) is 15.2. The van der Waals surface area contributed by atoms with Crippen LogP contribution in [-0.2, 0) is 9.53 Å². The minimum atomic E-state index is 0.0374. The van der Waals surface area contributed by atoms with Gasteiger partial charge in [0, 0.05) is 44.4 Å². The normalized spacial score (nSPS) is 26.5. The number of H-pyrrole nitrogens is 1. The molecule has 1 N–H and O–H groups in total. The number of hydrogen-bond donors (Lipinski definition) is 1. The zero-order valence-corrected chi connectivity index (χ0v) is 18.3. The van der Waals surface area contributed by atoms with Crippen LogP contribution < -0.4 is 4.90 Å². The highest BCUT2D eigenvalue weighted by molar-refractivity contribution is 5.80. The van der Waals surface area contributed by atoms with Gasteiger partial charge in [-0.15, -0.1) is 0 Å². The van der Waals surface area contributed by atoms with E-state index in [4.69, 9.17) is 9.72 Å². The Morgan fingerprint density at radius 2 is 1.90 bits per heavy atom. The van der Waals surface area contributed by atoms with Gasteiger partial charge in [-0.25, -0.2) is 9.97 Å². The summed E-state index contributed by atoms with van der Waals surface area (Å²) in [5.41, 5.74) is 2.86. The second-order valence-electron chi connectivity index (χ2n) is 9.03. The summed E-state index contributed by atoms with van der Waals surface area (Å²) in [5, 5.41) is 7.55. The van der Waals surface area contributed by atoms with E-state index in [0.29, 0.717) is 6.10 Å². The molecular formula is C23H32N6O2. The average molecular weight is 425 g/mol. The van der Waals surface area contributed by atoms with Gasteiger partial charge in [-0.2, -0.15) is 5.10 Å². The Kier molecular flexibility index (Phi) is 5.89. The molecule has 2 saturated heterocycles. The number of ether oxygens (including phenoxy) is 1. The molecule has 0 aromatic carbocycles. The van der Waals surface area contributed by atoms with E-state index >= 15 is 0 Å². The minimum absolute atomic E-state index is 0.0374. The minimum Gasteiger partial charge on any atom is -0.381 e. The van der Waals surface area contributed by atoms with Crippen LogP contribution >= 0.6 is 0 Å². The van der Waals surface area contributed by atoms with E-state index < -0.39 is 0 Å². The van der Waals surface area contributed by atoms with Crippen LogP contribution in [0.1, 0.15) is 63.1 Å². The first-order valence-electron chi connectivity index (χ1n) is 11.7. The van der Waals surface area contributed by atoms with E-state index in [1.807, 2.05) is 18.5 Å². The molecule has 3 fully saturated rings. The zero-order valence-electron chi connectivity index (χ0n) is 18.3. The number of methoxy groups -OCH3 is 1. The van der Waals surface area contributed by atoms with E-state index in [2.05, 4.69) is 25.0 Å². The molecule has 0 bridgehead atoms. The molecule has 8 nitrogen and oxygen atoms in total. The summed E-state index contributed by atoms with van der Waals surface area (Å²) in [6.07, 6.45) is 12.1. The third-order valence-corrected chi connectivity index (χ3v) is 7.20. The molecule has 2 aliphatic heterocycles. The summed E-state index contributed by atoms with van der Waals surface area (Å²) in [6, 6.07) is 1.98. The van der Waals surface area contributed by atoms with Crippen molar-refractivity contribution in [1.29, 1.82) is 0 Å². The molecule has 1 saturated carbocycles. The van der Waals surface area contributed by atoms with Crippen molar-refractivity contribution < 1.29 is 9.53 Å². The number of carbonyl (C=O) groups is 1. The number of carbonyl (C=O) groups excluding carboxylic acids is 1. The van der Waals surface area contributed by atoms with E-state index in [1.54, 1.807) is 7.11 Å². The van der Waals surface area contributed by atoms with Gasteiger partial charge in [0.25, 0.3) is 0 Å². The van der Waals surface area contributed by atoms with Crippen LogP contribution in [0.2, 0.25) is 0 Å². The maximum atomic E-state index is 13.4. The molecule has 1 aliphatic carbocycles. The van der Waals surface area contributed by atoms with Gasteiger partial charge in [-0.3, -0.25) is 9.89 Å². The molecule has 166 valence electrons. The molecule has 1 unspecified atom stereocenters. The Labute approximate surface area is 183 Å². The summed E-state index contributed by atoms with van der Waals surface area (Å²) >= 11 is 0. The summed E-state index contributed by atoms with van der Waals surface area (Å²) in [7, 11) is 1.77. The number of likely N-dealkylation sites (tertiary alicyclic amines) is 1. The quantitative estimate of drug-likeness (QED) is 0.792. The van der Waals surface area contributed by atoms with Crippen LogP contribution in [0, 0.1) is 5.92 Å². The van der Waals surface area contributed by atoms with E-state index in [0.717, 1.165) is 81.1 Å². The van der Waals surface area contributed by atoms with Crippen molar-refractivity contribution in [3.8, 4) is 11.3 Å². The fraction of sp³-hybridized carbons (Fsp3) is 0.652. The third kappa shape index (κ3) is 4.05. The molecule has 5 rings (SSSR count). The Bertz CT molecular complexity index is 901. The zero-order chi connectivity index (χ0) is 21.2. The van der Waals surface area contributed by atoms with Gasteiger partial charge in [0.15, 0.2) is 0 Å². The van der Waals surface area contributed by atoms with Crippen molar-refractivity contribution >= 4 is 11.9 Å². The van der Waals surface area contributed by atoms with Gasteiger partial charge in [0.2, 0.25) is 11.9 Å². The number of aromatic amines is 1. The molecule has 8 heteroatoms. The van der Waals surface area contributed by atoms with Crippen molar-refractivity contribution in [2.24, 2.45) is 5.92 Å². The Morgan fingerprint density at radius 3 is 2.68 bits per heavy atom. The molecule has 2 aromatic heterocycles. The molecule has 0 spiro atoms. The molecule has 0 radical (unpaired) electrons. The highest BCUT2D eigenvalue weighted by Crippen LogP contribution is 2.39. The lowest BCUT2D eigenvalue weighted by molar-refractivity contribution is -0.138. The number of anilines is 1. The molecule has 1 amide bonds. The van der Waals surface area contributed by atoms with Gasteiger partial charge in [0.1, 0.15) is 0 Å². The first-order valence-corrected chi connectivity index (χ1v) is 11.7. The molecule has 4 heterocycles. The lowest BCUT2D eigenvalue weighted by atomic mass is 9.86. The van der Waals surface area contributed by atoms with Crippen molar-refractivity contribution in [1.82, 2.24) is 25.1 Å². The fourth-order valence-corrected chi connectivity index (χ4v) is 5.43. The van der Waals surface area contributed by atoms with E-state index in [9.17, 15) is 4.79 Å². The summed E-state index contributed by atoms with van der Waals surface area (Å²) in [5.74, 6) is 1.19. The topological polar surface area (TPSA) is 87.2 Å². The van der Waals surface area contributed by atoms with Crippen molar-refractivity contribution in [2.45, 2.75) is 63.5 Å². The van der Waals surface area contributed by atoms with E-state index in [-0.39, 0.29) is 17.9 Å². The van der Waals surface area contributed by atoms with Crippen molar-refractivity contribution in [3.63, 3.8) is 0 Å². The van der Waals surface area contributed by atoms with Crippen LogP contribution in [0.3, 0.4) is 0 Å². The van der Waals surface area contributed by atoms with Gasteiger partial charge < -0.3 is 14.5 Å². The summed E-state index contributed by atoms with van der Waals surface area (Å²) in [6.45, 7) is 2.84. The predicted molar refractivity (Wildman–Crippen MR) is 118 cm³/mol. The molecular weight excluding hydrogens is 392 g/mol. The molecule has 31 heavy (non-hydrogen) atoms. The van der Waals surface area contributed by atoms with Crippen LogP contribution in [0.25, 0.3) is 11.3 Å². The first kappa shape index (κ1) is 20.4. The lowest BCUT2D eigenvalue weighted by Gasteiger charge is -2.32. The maximum Gasteiger partial charge on any atom is 0.226 e. The maximum absolute atomic E-state index is 13.4. The van der Waals surface area contributed by atoms with Crippen molar-refractivity contribution in [2.75, 3.05) is 31.6 Å². The van der Waals surface area contributed by atoms with Gasteiger partial charge in [-0.05, 0) is 57.4 Å². The van der Waals surface area contributed by atoms with Gasteiger partial charge >= 0.3 is 0 Å². The number of amides is 1. The smallest absolute Gasteiger partial charge is 0.226 e. The molecule has 3 aliphatic rings. The average Bonchev–Trinajstić information content (AvgIpc) is 3.59. The molecule has 2 aromatic rings. The van der Waals surface area contributed by atoms with Crippen LogP contribution in [-0.4, -0.2) is 63.8 Å². The second kappa shape index (κ2) is 8.94. The number of nitrogens with zero attached hydrogens (tertiary/aromatic N) is 5. The second-order valence-corrected chi connectivity index (χ2v) is 9.03. The number of nitrogens with one attached hydrogen (secondary N) is 1. The Hall–Kier alpha value is -2.48. The summed E-state index contributed by atoms with van der Waals surface area (Å²) < 4.78 is 5.48. The van der Waals surface area contributed by atoms with E-state index in [1.165, 1.54) is 12.8 Å². The van der Waals surface area contributed by atoms with Crippen LogP contribution in [0.5, 0.6) is 0 Å². The SMILES string of the molecule is COC1CCC(C(=O)N2CCCC2c2[nH]ncc2-c2ccnc(N3CCCC3)n2)CC1. The van der Waals surface area contributed by atoms with Crippen LogP contribution in [0.15, 0.2) is 18.5 Å².